The summed E-state index contributed by atoms with van der Waals surface area (Å²) in [6, 6.07) is 24.4. The Balaban J connectivity index is 2.25. The Morgan fingerprint density at radius 3 is 2.04 bits per heavy atom. The highest BCUT2D eigenvalue weighted by Crippen LogP contribution is 2.27. The maximum atomic E-state index is 6.72. The molecule has 2 heteroatoms. The van der Waals surface area contributed by atoms with E-state index in [1.165, 1.54) is 11.1 Å². The Bertz CT molecular complexity index is 787. The molecule has 0 aliphatic heterocycles. The fourth-order valence-electron chi connectivity index (χ4n) is 3.30. The molecule has 0 amide bonds. The summed E-state index contributed by atoms with van der Waals surface area (Å²) in [5.74, 6) is 0.925. The zero-order valence-corrected chi connectivity index (χ0v) is 18.9. The third-order valence-electron chi connectivity index (χ3n) is 5.51. The molecule has 2 aromatic rings. The number of hydrogen-bond donors (Lipinski definition) is 0. The van der Waals surface area contributed by atoms with Crippen molar-refractivity contribution in [1.82, 2.24) is 0 Å². The fraction of sp³-hybridized carbons (Fsp3) is 0.346. The van der Waals surface area contributed by atoms with E-state index in [1.807, 2.05) is 12.1 Å². The van der Waals surface area contributed by atoms with Crippen molar-refractivity contribution in [3.8, 4) is 0 Å². The number of rotatable bonds is 10. The summed E-state index contributed by atoms with van der Waals surface area (Å²) >= 11 is 0. The van der Waals surface area contributed by atoms with E-state index in [1.54, 1.807) is 0 Å². The van der Waals surface area contributed by atoms with Crippen LogP contribution in [-0.2, 0) is 10.8 Å². The van der Waals surface area contributed by atoms with Gasteiger partial charge in [0.1, 0.15) is 0 Å². The van der Waals surface area contributed by atoms with Gasteiger partial charge >= 0.3 is 0 Å². The Labute approximate surface area is 172 Å². The summed E-state index contributed by atoms with van der Waals surface area (Å²) in [7, 11) is -1.74. The van der Waals surface area contributed by atoms with Gasteiger partial charge in [0.25, 0.3) is 8.32 Å². The molecule has 1 nitrogen and oxygen atoms in total. The third-order valence-corrected chi connectivity index (χ3v) is 10.0. The van der Waals surface area contributed by atoms with Crippen LogP contribution in [0.4, 0.5) is 0 Å². The second-order valence-electron chi connectivity index (χ2n) is 7.29. The average molecular weight is 391 g/mol. The number of benzene rings is 2. The maximum absolute atomic E-state index is 6.72. The van der Waals surface area contributed by atoms with Crippen molar-refractivity contribution in [3.63, 3.8) is 0 Å². The van der Waals surface area contributed by atoms with Crippen molar-refractivity contribution in [2.24, 2.45) is 0 Å². The van der Waals surface area contributed by atoms with Gasteiger partial charge in [-0.3, -0.25) is 0 Å². The lowest BCUT2D eigenvalue weighted by molar-refractivity contribution is 0.416. The van der Waals surface area contributed by atoms with Crippen molar-refractivity contribution in [3.05, 3.63) is 94.9 Å². The second-order valence-corrected chi connectivity index (χ2v) is 12.0. The first-order chi connectivity index (χ1) is 13.6. The summed E-state index contributed by atoms with van der Waals surface area (Å²) in [4.78, 5) is 0. The molecule has 2 aromatic carbocycles. The predicted octanol–water partition coefficient (Wildman–Crippen LogP) is 7.78. The molecule has 148 valence electrons. The van der Waals surface area contributed by atoms with Gasteiger partial charge in [-0.2, -0.15) is 0 Å². The molecule has 0 spiro atoms. The molecular formula is C26H34OSi. The van der Waals surface area contributed by atoms with E-state index < -0.39 is 8.32 Å². The van der Waals surface area contributed by atoms with Crippen molar-refractivity contribution in [2.75, 3.05) is 0 Å². The van der Waals surface area contributed by atoms with Gasteiger partial charge in [-0.25, -0.2) is 0 Å². The van der Waals surface area contributed by atoms with E-state index in [0.29, 0.717) is 0 Å². The summed E-state index contributed by atoms with van der Waals surface area (Å²) in [5.41, 5.74) is 7.19. The lowest BCUT2D eigenvalue weighted by Crippen LogP contribution is -2.35. The quantitative estimate of drug-likeness (QED) is 0.174. The first-order valence-corrected chi connectivity index (χ1v) is 13.1. The highest BCUT2D eigenvalue weighted by atomic mass is 28.4. The molecule has 0 aliphatic rings. The van der Waals surface area contributed by atoms with E-state index in [0.717, 1.165) is 42.3 Å². The summed E-state index contributed by atoms with van der Waals surface area (Å²) in [5, 5.41) is 0. The minimum atomic E-state index is -1.74. The van der Waals surface area contributed by atoms with Crippen LogP contribution < -0.4 is 0 Å². The van der Waals surface area contributed by atoms with Gasteiger partial charge in [0, 0.05) is 0 Å². The van der Waals surface area contributed by atoms with E-state index in [4.69, 9.17) is 4.43 Å². The number of allylic oxidation sites excluding steroid dienone is 2. The third kappa shape index (κ3) is 6.71. The van der Waals surface area contributed by atoms with Gasteiger partial charge < -0.3 is 4.43 Å². The molecule has 28 heavy (non-hydrogen) atoms. The van der Waals surface area contributed by atoms with Gasteiger partial charge in [-0.15, -0.1) is 0 Å². The Morgan fingerprint density at radius 1 is 0.893 bits per heavy atom. The van der Waals surface area contributed by atoms with Crippen LogP contribution in [0.2, 0.25) is 18.1 Å². The van der Waals surface area contributed by atoms with E-state index in [-0.39, 0.29) is 0 Å². The van der Waals surface area contributed by atoms with Crippen LogP contribution in [0, 0.1) is 0 Å². The Hall–Kier alpha value is -2.28. The van der Waals surface area contributed by atoms with Crippen molar-refractivity contribution in [1.29, 1.82) is 0 Å². The van der Waals surface area contributed by atoms with Crippen LogP contribution >= 0.6 is 0 Å². The van der Waals surface area contributed by atoms with Crippen LogP contribution in [0.25, 0.3) is 6.08 Å². The summed E-state index contributed by atoms with van der Waals surface area (Å²) in [6.07, 6.45) is 6.40. The highest BCUT2D eigenvalue weighted by molar-refractivity contribution is 6.73. The van der Waals surface area contributed by atoms with Gasteiger partial charge in [0.2, 0.25) is 0 Å². The molecule has 0 aromatic heterocycles. The molecule has 0 bridgehead atoms. The van der Waals surface area contributed by atoms with E-state index in [9.17, 15) is 0 Å². The van der Waals surface area contributed by atoms with Crippen molar-refractivity contribution < 1.29 is 4.43 Å². The molecule has 0 aliphatic carbocycles. The zero-order valence-electron chi connectivity index (χ0n) is 17.9. The molecule has 0 N–H and O–H groups in total. The largest absolute Gasteiger partial charge is 0.538 e. The van der Waals surface area contributed by atoms with Gasteiger partial charge in [-0.1, -0.05) is 93.2 Å². The minimum Gasteiger partial charge on any atom is -0.538 e. The maximum Gasteiger partial charge on any atom is 0.251 e. The fourth-order valence-corrected chi connectivity index (χ4v) is 5.88. The molecule has 0 saturated heterocycles. The normalized spacial score (nSPS) is 11.6. The zero-order chi connectivity index (χ0) is 20.2. The average Bonchev–Trinajstić information content (AvgIpc) is 2.76. The smallest absolute Gasteiger partial charge is 0.251 e. The van der Waals surface area contributed by atoms with Crippen LogP contribution in [0.1, 0.15) is 45.2 Å². The van der Waals surface area contributed by atoms with Gasteiger partial charge in [0.15, 0.2) is 5.76 Å². The lowest BCUT2D eigenvalue weighted by Gasteiger charge is -2.30. The Morgan fingerprint density at radius 2 is 1.46 bits per heavy atom. The summed E-state index contributed by atoms with van der Waals surface area (Å²) < 4.78 is 6.72. The molecule has 0 fully saturated rings. The number of aryl methyl sites for hydroxylation is 1. The van der Waals surface area contributed by atoms with Crippen LogP contribution in [0.15, 0.2) is 83.8 Å². The molecule has 0 radical (unpaired) electrons. The van der Waals surface area contributed by atoms with E-state index in [2.05, 4.69) is 94.1 Å². The van der Waals surface area contributed by atoms with Crippen molar-refractivity contribution >= 4 is 14.4 Å². The van der Waals surface area contributed by atoms with Gasteiger partial charge in [-0.05, 0) is 60.7 Å². The molecule has 0 saturated carbocycles. The monoisotopic (exact) mass is 390 g/mol. The lowest BCUT2D eigenvalue weighted by atomic mass is 10.1. The predicted molar refractivity (Wildman–Crippen MR) is 125 cm³/mol. The molecular weight excluding hydrogens is 356 g/mol. The second kappa shape index (κ2) is 11.5. The molecule has 0 heterocycles. The highest BCUT2D eigenvalue weighted by Gasteiger charge is 2.31. The van der Waals surface area contributed by atoms with Crippen LogP contribution in [-0.4, -0.2) is 8.32 Å². The molecule has 0 atom stereocenters. The topological polar surface area (TPSA) is 9.23 Å². The molecule has 0 unspecified atom stereocenters. The van der Waals surface area contributed by atoms with E-state index >= 15 is 0 Å². The SMILES string of the molecule is CC[Si](CC)(CC)OC(=C=Cc1ccccc1)/C(C)=C/CCc1ccccc1. The van der Waals surface area contributed by atoms with Crippen LogP contribution in [0.5, 0.6) is 0 Å². The first-order valence-electron chi connectivity index (χ1n) is 10.5. The Kier molecular flexibility index (Phi) is 9.07. The first kappa shape index (κ1) is 22.0. The van der Waals surface area contributed by atoms with Crippen LogP contribution in [0.3, 0.4) is 0 Å². The minimum absolute atomic E-state index is 0.925. The van der Waals surface area contributed by atoms with Gasteiger partial charge in [0.05, 0.1) is 0 Å². The number of hydrogen-bond acceptors (Lipinski definition) is 1. The summed E-state index contributed by atoms with van der Waals surface area (Å²) in [6.45, 7) is 8.97. The molecule has 2 rings (SSSR count). The van der Waals surface area contributed by atoms with Crippen molar-refractivity contribution in [2.45, 2.75) is 58.7 Å². The standard InChI is InChI=1S/C26H34OSi/c1-5-28(6-2,7-3)27-26(22-21-25-18-12-9-13-19-25)23(4)15-14-20-24-16-10-8-11-17-24/h8-13,15-19,21H,5-7,14,20H2,1-4H3/b23-15+.